The summed E-state index contributed by atoms with van der Waals surface area (Å²) in [6, 6.07) is 5.66. The number of aromatic nitrogens is 2. The van der Waals surface area contributed by atoms with Gasteiger partial charge in [-0.1, -0.05) is 23.4 Å². The molecule has 7 heteroatoms. The number of aliphatic hydroxyl groups is 1. The summed E-state index contributed by atoms with van der Waals surface area (Å²) in [5, 5.41) is 10.2. The smallest absolute Gasteiger partial charge is 0.162 e. The molecule has 104 valence electrons. The summed E-state index contributed by atoms with van der Waals surface area (Å²) in [7, 11) is 0. The van der Waals surface area contributed by atoms with Crippen molar-refractivity contribution in [3.63, 3.8) is 0 Å². The molecule has 0 aliphatic carbocycles. The number of fused-ring (bicyclic) bond motifs is 1. The van der Waals surface area contributed by atoms with E-state index in [9.17, 15) is 5.11 Å². The van der Waals surface area contributed by atoms with Crippen LogP contribution in [0, 0.1) is 0 Å². The minimum Gasteiger partial charge on any atom is -0.486 e. The lowest BCUT2D eigenvalue weighted by Crippen LogP contribution is -2.15. The van der Waals surface area contributed by atoms with E-state index in [1.807, 2.05) is 18.2 Å². The number of benzene rings is 1. The third-order valence-corrected chi connectivity index (χ3v) is 4.10. The van der Waals surface area contributed by atoms with Crippen LogP contribution >= 0.6 is 23.4 Å². The number of ether oxygens (including phenoxy) is 2. The van der Waals surface area contributed by atoms with Crippen molar-refractivity contribution in [3.05, 3.63) is 35.2 Å². The molecule has 1 aliphatic heterocycles. The molecule has 1 aliphatic rings. The molecule has 0 amide bonds. The molecule has 1 N–H and O–H groups in total. The van der Waals surface area contributed by atoms with Gasteiger partial charge in [0.2, 0.25) is 0 Å². The Kier molecular flexibility index (Phi) is 3.95. The van der Waals surface area contributed by atoms with Crippen molar-refractivity contribution in [2.24, 2.45) is 0 Å². The highest BCUT2D eigenvalue weighted by atomic mass is 35.5. The van der Waals surface area contributed by atoms with Crippen molar-refractivity contribution in [1.29, 1.82) is 0 Å². The van der Waals surface area contributed by atoms with Crippen molar-refractivity contribution >= 4 is 23.4 Å². The van der Waals surface area contributed by atoms with E-state index >= 15 is 0 Å². The van der Waals surface area contributed by atoms with E-state index < -0.39 is 0 Å². The average Bonchev–Trinajstić information content (AvgIpc) is 2.47. The Morgan fingerprint density at radius 3 is 2.80 bits per heavy atom. The fraction of sp³-hybridized carbons (Fsp3) is 0.231. The average molecular weight is 311 g/mol. The summed E-state index contributed by atoms with van der Waals surface area (Å²) >= 11 is 7.34. The lowest BCUT2D eigenvalue weighted by atomic mass is 10.3. The summed E-state index contributed by atoms with van der Waals surface area (Å²) in [5.74, 6) is 1.45. The van der Waals surface area contributed by atoms with Crippen LogP contribution < -0.4 is 9.47 Å². The van der Waals surface area contributed by atoms with E-state index in [4.69, 9.17) is 21.1 Å². The Morgan fingerprint density at radius 2 is 2.00 bits per heavy atom. The molecule has 1 aromatic carbocycles. The topological polar surface area (TPSA) is 64.5 Å². The number of hydrogen-bond acceptors (Lipinski definition) is 6. The second kappa shape index (κ2) is 5.87. The second-order valence-electron chi connectivity index (χ2n) is 4.01. The molecule has 2 aromatic rings. The van der Waals surface area contributed by atoms with Crippen LogP contribution in [-0.4, -0.2) is 28.3 Å². The molecular weight excluding hydrogens is 300 g/mol. The SMILES string of the molecule is OCc1c(Cl)ncnc1Sc1ccc2c(c1)OCCO2. The van der Waals surface area contributed by atoms with E-state index in [0.717, 1.165) is 10.6 Å². The minimum absolute atomic E-state index is 0.202. The molecule has 5 nitrogen and oxygen atoms in total. The maximum atomic E-state index is 9.35. The Balaban J connectivity index is 1.90. The standard InChI is InChI=1S/C13H11ClN2O3S/c14-12-9(6-17)13(16-7-15-12)20-8-1-2-10-11(5-8)19-4-3-18-10/h1-2,5,7,17H,3-4,6H2. The molecule has 3 rings (SSSR count). The Labute approximate surface area is 124 Å². The molecule has 1 aromatic heterocycles. The van der Waals surface area contributed by atoms with Crippen LogP contribution in [0.15, 0.2) is 34.4 Å². The van der Waals surface area contributed by atoms with Crippen LogP contribution in [0.1, 0.15) is 5.56 Å². The third kappa shape index (κ3) is 2.67. The van der Waals surface area contributed by atoms with E-state index in [-0.39, 0.29) is 11.8 Å². The van der Waals surface area contributed by atoms with Gasteiger partial charge in [0.05, 0.1) is 6.61 Å². The van der Waals surface area contributed by atoms with Crippen molar-refractivity contribution in [2.45, 2.75) is 16.5 Å². The summed E-state index contributed by atoms with van der Waals surface area (Å²) in [6.07, 6.45) is 1.38. The first-order valence-corrected chi connectivity index (χ1v) is 7.15. The van der Waals surface area contributed by atoms with Crippen molar-refractivity contribution in [2.75, 3.05) is 13.2 Å². The Hall–Kier alpha value is -1.50. The predicted molar refractivity (Wildman–Crippen MR) is 74.5 cm³/mol. The largest absolute Gasteiger partial charge is 0.486 e. The molecule has 20 heavy (non-hydrogen) atoms. The molecule has 2 heterocycles. The fourth-order valence-corrected chi connectivity index (χ4v) is 2.95. The van der Waals surface area contributed by atoms with Crippen LogP contribution in [0.4, 0.5) is 0 Å². The molecule has 0 radical (unpaired) electrons. The maximum Gasteiger partial charge on any atom is 0.162 e. The third-order valence-electron chi connectivity index (χ3n) is 2.74. The van der Waals surface area contributed by atoms with Crippen molar-refractivity contribution in [3.8, 4) is 11.5 Å². The number of aliphatic hydroxyl groups excluding tert-OH is 1. The van der Waals surface area contributed by atoms with Crippen LogP contribution in [0.5, 0.6) is 11.5 Å². The van der Waals surface area contributed by atoms with Gasteiger partial charge in [-0.05, 0) is 18.2 Å². The van der Waals surface area contributed by atoms with Gasteiger partial charge in [0.25, 0.3) is 0 Å². The minimum atomic E-state index is -0.202. The van der Waals surface area contributed by atoms with E-state index in [0.29, 0.717) is 29.6 Å². The van der Waals surface area contributed by atoms with Gasteiger partial charge in [0.1, 0.15) is 29.7 Å². The second-order valence-corrected chi connectivity index (χ2v) is 5.43. The Bertz CT molecular complexity index is 639. The monoisotopic (exact) mass is 310 g/mol. The number of nitrogens with zero attached hydrogens (tertiary/aromatic N) is 2. The summed E-state index contributed by atoms with van der Waals surface area (Å²) in [4.78, 5) is 8.94. The highest BCUT2D eigenvalue weighted by Gasteiger charge is 2.14. The molecule has 0 spiro atoms. The van der Waals surface area contributed by atoms with Crippen molar-refractivity contribution in [1.82, 2.24) is 9.97 Å². The fourth-order valence-electron chi connectivity index (χ4n) is 1.80. The zero-order valence-electron chi connectivity index (χ0n) is 10.4. The normalized spacial score (nSPS) is 13.3. The van der Waals surface area contributed by atoms with Crippen LogP contribution in [-0.2, 0) is 6.61 Å². The van der Waals surface area contributed by atoms with E-state index in [1.54, 1.807) is 0 Å². The van der Waals surface area contributed by atoms with Gasteiger partial charge in [0.15, 0.2) is 11.5 Å². The van der Waals surface area contributed by atoms with Gasteiger partial charge in [-0.25, -0.2) is 9.97 Å². The molecule has 0 bridgehead atoms. The summed E-state index contributed by atoms with van der Waals surface area (Å²) in [6.45, 7) is 0.907. The molecule has 0 fully saturated rings. The zero-order valence-corrected chi connectivity index (χ0v) is 11.9. The predicted octanol–water partition coefficient (Wildman–Crippen LogP) is 2.54. The maximum absolute atomic E-state index is 9.35. The lowest BCUT2D eigenvalue weighted by Gasteiger charge is -2.18. The molecular formula is C13H11ClN2O3S. The zero-order chi connectivity index (χ0) is 13.9. The first kappa shape index (κ1) is 13.5. The highest BCUT2D eigenvalue weighted by Crippen LogP contribution is 2.37. The molecule has 0 saturated heterocycles. The van der Waals surface area contributed by atoms with Gasteiger partial charge in [-0.3, -0.25) is 0 Å². The van der Waals surface area contributed by atoms with Crippen LogP contribution in [0.2, 0.25) is 5.15 Å². The molecule has 0 saturated carbocycles. The van der Waals surface area contributed by atoms with Crippen LogP contribution in [0.25, 0.3) is 0 Å². The van der Waals surface area contributed by atoms with E-state index in [2.05, 4.69) is 9.97 Å². The van der Waals surface area contributed by atoms with Gasteiger partial charge < -0.3 is 14.6 Å². The highest BCUT2D eigenvalue weighted by molar-refractivity contribution is 7.99. The first-order valence-electron chi connectivity index (χ1n) is 5.95. The number of hydrogen-bond donors (Lipinski definition) is 1. The van der Waals surface area contributed by atoms with Crippen LogP contribution in [0.3, 0.4) is 0 Å². The molecule has 0 unspecified atom stereocenters. The van der Waals surface area contributed by atoms with Crippen molar-refractivity contribution < 1.29 is 14.6 Å². The first-order chi connectivity index (χ1) is 9.78. The molecule has 0 atom stereocenters. The van der Waals surface area contributed by atoms with Gasteiger partial charge in [-0.2, -0.15) is 0 Å². The summed E-state index contributed by atoms with van der Waals surface area (Å²) < 4.78 is 11.0. The summed E-state index contributed by atoms with van der Waals surface area (Å²) in [5.41, 5.74) is 0.522. The number of halogens is 1. The Morgan fingerprint density at radius 1 is 1.20 bits per heavy atom. The quantitative estimate of drug-likeness (QED) is 0.879. The van der Waals surface area contributed by atoms with Gasteiger partial charge in [-0.15, -0.1) is 0 Å². The number of rotatable bonds is 3. The van der Waals surface area contributed by atoms with Gasteiger partial charge in [0, 0.05) is 10.5 Å². The van der Waals surface area contributed by atoms with Gasteiger partial charge >= 0.3 is 0 Å². The lowest BCUT2D eigenvalue weighted by molar-refractivity contribution is 0.171. The van der Waals surface area contributed by atoms with E-state index in [1.165, 1.54) is 18.1 Å².